The maximum atomic E-state index is 13.5. The van der Waals surface area contributed by atoms with Crippen LogP contribution in [0.2, 0.25) is 0 Å². The Morgan fingerprint density at radius 2 is 1.80 bits per heavy atom. The number of methoxy groups -OCH3 is 1. The summed E-state index contributed by atoms with van der Waals surface area (Å²) < 4.78 is 18.0. The molecule has 210 valence electrons. The van der Waals surface area contributed by atoms with E-state index in [1.807, 2.05) is 62.4 Å². The highest BCUT2D eigenvalue weighted by molar-refractivity contribution is 5.80. The molecule has 2 aromatic carbocycles. The number of nitrogens with one attached hydrogen (secondary N) is 1. The number of hydrogen-bond donors (Lipinski definition) is 1. The first-order valence-corrected chi connectivity index (χ1v) is 13.6. The highest BCUT2D eigenvalue weighted by atomic mass is 16.5. The van der Waals surface area contributed by atoms with Crippen molar-refractivity contribution in [1.82, 2.24) is 30.1 Å². The maximum Gasteiger partial charge on any atom is 0.309 e. The lowest BCUT2D eigenvalue weighted by molar-refractivity contribution is -0.149. The van der Waals surface area contributed by atoms with Gasteiger partial charge in [-0.3, -0.25) is 14.5 Å². The Morgan fingerprint density at radius 1 is 1.05 bits per heavy atom. The van der Waals surface area contributed by atoms with Gasteiger partial charge in [-0.1, -0.05) is 12.1 Å². The average Bonchev–Trinajstić information content (AvgIpc) is 3.42. The minimum absolute atomic E-state index is 0.171. The first-order chi connectivity index (χ1) is 19.5. The largest absolute Gasteiger partial charge is 0.497 e. The van der Waals surface area contributed by atoms with Crippen molar-refractivity contribution in [3.63, 3.8) is 0 Å². The molecule has 0 amide bonds. The highest BCUT2D eigenvalue weighted by Crippen LogP contribution is 2.32. The van der Waals surface area contributed by atoms with Crippen LogP contribution in [0.15, 0.2) is 53.3 Å². The zero-order valence-electron chi connectivity index (χ0n) is 23.0. The molecule has 0 radical (unpaired) electrons. The van der Waals surface area contributed by atoms with Crippen LogP contribution >= 0.6 is 0 Å². The van der Waals surface area contributed by atoms with Crippen molar-refractivity contribution in [2.45, 2.75) is 39.3 Å². The highest BCUT2D eigenvalue weighted by Gasteiger charge is 2.35. The standard InChI is InChI=1S/C29H34N6O5/c1-4-39-23-10-11-25-21(16-23)17-24(28(36)30-25)26(34-14-12-20(13-15-34)29(37)40-5-2)27-31-32-33-35(27)18-19-6-8-22(38-3)9-7-19/h6-11,16-17,20,26H,4-5,12-15,18H2,1-3H3,(H,30,36)/t26-/m0/s1. The molecule has 5 rings (SSSR count). The van der Waals surface area contributed by atoms with Crippen molar-refractivity contribution in [2.75, 3.05) is 33.4 Å². The summed E-state index contributed by atoms with van der Waals surface area (Å²) >= 11 is 0. The third kappa shape index (κ3) is 5.84. The van der Waals surface area contributed by atoms with Gasteiger partial charge in [0.25, 0.3) is 5.56 Å². The topological polar surface area (TPSA) is 124 Å². The van der Waals surface area contributed by atoms with E-state index < -0.39 is 6.04 Å². The fourth-order valence-electron chi connectivity index (χ4n) is 5.24. The number of nitrogens with zero attached hydrogens (tertiary/aromatic N) is 5. The van der Waals surface area contributed by atoms with Crippen molar-refractivity contribution >= 4 is 16.9 Å². The molecule has 2 aromatic heterocycles. The molecule has 11 heteroatoms. The number of aromatic nitrogens is 5. The van der Waals surface area contributed by atoms with E-state index in [9.17, 15) is 9.59 Å². The molecule has 11 nitrogen and oxygen atoms in total. The van der Waals surface area contributed by atoms with Crippen molar-refractivity contribution in [3.05, 3.63) is 75.8 Å². The number of piperidine rings is 1. The summed E-state index contributed by atoms with van der Waals surface area (Å²) in [5.41, 5.74) is 2.02. The molecule has 0 spiro atoms. The van der Waals surface area contributed by atoms with Crippen LogP contribution in [0.5, 0.6) is 11.5 Å². The Bertz CT molecular complexity index is 1510. The van der Waals surface area contributed by atoms with Crippen LogP contribution in [-0.2, 0) is 16.1 Å². The number of carbonyl (C=O) groups is 1. The lowest BCUT2D eigenvalue weighted by Crippen LogP contribution is -2.42. The lowest BCUT2D eigenvalue weighted by Gasteiger charge is -2.36. The smallest absolute Gasteiger partial charge is 0.309 e. The van der Waals surface area contributed by atoms with Gasteiger partial charge in [-0.2, -0.15) is 0 Å². The first kappa shape index (κ1) is 27.3. The van der Waals surface area contributed by atoms with Gasteiger partial charge in [0, 0.05) is 29.6 Å². The van der Waals surface area contributed by atoms with E-state index in [4.69, 9.17) is 14.2 Å². The molecule has 40 heavy (non-hydrogen) atoms. The number of pyridine rings is 1. The minimum Gasteiger partial charge on any atom is -0.497 e. The van der Waals surface area contributed by atoms with Crippen molar-refractivity contribution in [3.8, 4) is 11.5 Å². The maximum absolute atomic E-state index is 13.5. The Balaban J connectivity index is 1.53. The van der Waals surface area contributed by atoms with Gasteiger partial charge in [-0.05, 0) is 79.1 Å². The Morgan fingerprint density at radius 3 is 2.50 bits per heavy atom. The number of fused-ring (bicyclic) bond motifs is 1. The number of H-pyrrole nitrogens is 1. The van der Waals surface area contributed by atoms with Crippen LogP contribution in [0.3, 0.4) is 0 Å². The number of benzene rings is 2. The molecule has 0 aliphatic carbocycles. The van der Waals surface area contributed by atoms with Gasteiger partial charge in [-0.15, -0.1) is 5.10 Å². The number of rotatable bonds is 10. The van der Waals surface area contributed by atoms with E-state index in [1.54, 1.807) is 11.8 Å². The lowest BCUT2D eigenvalue weighted by atomic mass is 9.94. The molecular formula is C29H34N6O5. The first-order valence-electron chi connectivity index (χ1n) is 13.6. The summed E-state index contributed by atoms with van der Waals surface area (Å²) in [6.07, 6.45) is 1.24. The minimum atomic E-state index is -0.528. The fraction of sp³-hybridized carbons (Fsp3) is 0.414. The van der Waals surface area contributed by atoms with Gasteiger partial charge in [0.15, 0.2) is 5.82 Å². The molecule has 0 saturated carbocycles. The van der Waals surface area contributed by atoms with Crippen molar-refractivity contribution in [1.29, 1.82) is 0 Å². The quantitative estimate of drug-likeness (QED) is 0.298. The van der Waals surface area contributed by atoms with Gasteiger partial charge in [0.05, 0.1) is 32.8 Å². The summed E-state index contributed by atoms with van der Waals surface area (Å²) in [7, 11) is 1.63. The summed E-state index contributed by atoms with van der Waals surface area (Å²) in [5.74, 6) is 1.70. The van der Waals surface area contributed by atoms with E-state index in [0.717, 1.165) is 28.0 Å². The van der Waals surface area contributed by atoms with Crippen LogP contribution < -0.4 is 15.0 Å². The number of hydrogen-bond acceptors (Lipinski definition) is 9. The van der Waals surface area contributed by atoms with Gasteiger partial charge in [0.2, 0.25) is 0 Å². The molecule has 0 bridgehead atoms. The molecule has 0 unspecified atom stereocenters. The van der Waals surface area contributed by atoms with E-state index in [-0.39, 0.29) is 17.4 Å². The normalized spacial score (nSPS) is 15.2. The molecular weight excluding hydrogens is 512 g/mol. The second-order valence-electron chi connectivity index (χ2n) is 9.74. The van der Waals surface area contributed by atoms with Crippen LogP contribution in [0.1, 0.15) is 49.7 Å². The summed E-state index contributed by atoms with van der Waals surface area (Å²) in [6.45, 7) is 6.23. The number of tetrazole rings is 1. The molecule has 1 fully saturated rings. The zero-order chi connectivity index (χ0) is 28.1. The van der Waals surface area contributed by atoms with E-state index in [1.165, 1.54) is 0 Å². The molecule has 1 aliphatic rings. The number of likely N-dealkylation sites (tertiary alicyclic amines) is 1. The zero-order valence-corrected chi connectivity index (χ0v) is 23.0. The van der Waals surface area contributed by atoms with Crippen molar-refractivity contribution < 1.29 is 19.0 Å². The molecule has 4 aromatic rings. The Labute approximate surface area is 232 Å². The Kier molecular flexibility index (Phi) is 8.40. The SMILES string of the molecule is CCOC(=O)C1CCN([C@@H](c2cc3cc(OCC)ccc3[nH]c2=O)c2nnnn2Cc2ccc(OC)cc2)CC1. The average molecular weight is 547 g/mol. The second kappa shape index (κ2) is 12.3. The third-order valence-corrected chi connectivity index (χ3v) is 7.26. The van der Waals surface area contributed by atoms with Crippen LogP contribution in [0.25, 0.3) is 10.9 Å². The van der Waals surface area contributed by atoms with Gasteiger partial charge in [0.1, 0.15) is 17.5 Å². The molecule has 1 aliphatic heterocycles. The summed E-state index contributed by atoms with van der Waals surface area (Å²) in [5, 5.41) is 13.5. The number of carbonyl (C=O) groups excluding carboxylic acids is 1. The van der Waals surface area contributed by atoms with Crippen LogP contribution in [0.4, 0.5) is 0 Å². The number of esters is 1. The predicted molar refractivity (Wildman–Crippen MR) is 148 cm³/mol. The van der Waals surface area contributed by atoms with Crippen LogP contribution in [-0.4, -0.2) is 69.5 Å². The summed E-state index contributed by atoms with van der Waals surface area (Å²) in [4.78, 5) is 31.2. The van der Waals surface area contributed by atoms with E-state index in [0.29, 0.717) is 57.1 Å². The molecule has 1 N–H and O–H groups in total. The number of ether oxygens (including phenoxy) is 3. The van der Waals surface area contributed by atoms with Gasteiger partial charge >= 0.3 is 5.97 Å². The monoisotopic (exact) mass is 546 g/mol. The third-order valence-electron chi connectivity index (χ3n) is 7.26. The van der Waals surface area contributed by atoms with Gasteiger partial charge < -0.3 is 19.2 Å². The molecule has 3 heterocycles. The van der Waals surface area contributed by atoms with E-state index in [2.05, 4.69) is 25.4 Å². The second-order valence-corrected chi connectivity index (χ2v) is 9.74. The molecule has 1 saturated heterocycles. The van der Waals surface area contributed by atoms with Gasteiger partial charge in [-0.25, -0.2) is 4.68 Å². The van der Waals surface area contributed by atoms with E-state index >= 15 is 0 Å². The van der Waals surface area contributed by atoms with Crippen LogP contribution in [0, 0.1) is 5.92 Å². The van der Waals surface area contributed by atoms with Crippen molar-refractivity contribution in [2.24, 2.45) is 5.92 Å². The molecule has 1 atom stereocenters. The predicted octanol–water partition coefficient (Wildman–Crippen LogP) is 3.33. The Hall–Kier alpha value is -4.25. The number of aromatic amines is 1. The fourth-order valence-corrected chi connectivity index (χ4v) is 5.24. The summed E-state index contributed by atoms with van der Waals surface area (Å²) in [6, 6.07) is 14.7.